The summed E-state index contributed by atoms with van der Waals surface area (Å²) in [5, 5.41) is 17.8. The zero-order chi connectivity index (χ0) is 9.73. The van der Waals surface area contributed by atoms with Gasteiger partial charge in [-0.05, 0) is 43.4 Å². The van der Waals surface area contributed by atoms with E-state index in [1.54, 1.807) is 0 Å². The monoisotopic (exact) mass is 186 g/mol. The number of aliphatic hydroxyl groups excluding tert-OH is 2. The fourth-order valence-corrected chi connectivity index (χ4v) is 2.72. The first kappa shape index (κ1) is 11.0. The largest absolute Gasteiger partial charge is 0.396 e. The Labute approximate surface area is 81.0 Å². The Kier molecular flexibility index (Phi) is 4.20. The Balaban J connectivity index is 2.42. The third kappa shape index (κ3) is 2.68. The van der Waals surface area contributed by atoms with E-state index in [1.807, 2.05) is 0 Å². The minimum absolute atomic E-state index is 0.319. The third-order valence-corrected chi connectivity index (χ3v) is 3.73. The highest BCUT2D eigenvalue weighted by Gasteiger charge is 2.36. The predicted molar refractivity (Wildman–Crippen MR) is 53.5 cm³/mol. The molecule has 13 heavy (non-hydrogen) atoms. The summed E-state index contributed by atoms with van der Waals surface area (Å²) in [6, 6.07) is 0. The van der Waals surface area contributed by atoms with E-state index in [0.717, 1.165) is 12.8 Å². The van der Waals surface area contributed by atoms with Crippen molar-refractivity contribution in [3.8, 4) is 0 Å². The summed E-state index contributed by atoms with van der Waals surface area (Å²) in [5.74, 6) is 0.705. The fraction of sp³-hybridized carbons (Fsp3) is 1.00. The maximum absolute atomic E-state index is 8.99. The summed E-state index contributed by atoms with van der Waals surface area (Å²) in [4.78, 5) is 0. The molecule has 0 aromatic heterocycles. The van der Waals surface area contributed by atoms with E-state index in [-0.39, 0.29) is 0 Å². The van der Waals surface area contributed by atoms with Gasteiger partial charge in [-0.2, -0.15) is 0 Å². The van der Waals surface area contributed by atoms with Gasteiger partial charge in [0.05, 0.1) is 0 Å². The lowest BCUT2D eigenvalue weighted by Gasteiger charge is -2.27. The van der Waals surface area contributed by atoms with Crippen LogP contribution in [0.4, 0.5) is 0 Å². The average Bonchev–Trinajstić information content (AvgIpc) is 2.51. The zero-order valence-corrected chi connectivity index (χ0v) is 8.63. The van der Waals surface area contributed by atoms with Crippen molar-refractivity contribution in [2.24, 2.45) is 11.3 Å². The van der Waals surface area contributed by atoms with Crippen LogP contribution in [0, 0.1) is 11.3 Å². The first-order chi connectivity index (χ1) is 6.26. The molecule has 2 unspecified atom stereocenters. The molecule has 1 aliphatic carbocycles. The lowest BCUT2D eigenvalue weighted by atomic mass is 9.79. The second-order valence-corrected chi connectivity index (χ2v) is 4.45. The SMILES string of the molecule is CCC1(CCO)CCC(CCO)C1. The molecule has 1 rings (SSSR count). The normalized spacial score (nSPS) is 33.9. The molecule has 2 nitrogen and oxygen atoms in total. The molecular formula is C11H22O2. The minimum atomic E-state index is 0.319. The van der Waals surface area contributed by atoms with E-state index in [1.165, 1.54) is 25.7 Å². The molecule has 0 aromatic carbocycles. The highest BCUT2D eigenvalue weighted by molar-refractivity contribution is 4.87. The Morgan fingerprint density at radius 1 is 1.31 bits per heavy atom. The van der Waals surface area contributed by atoms with Crippen LogP contribution < -0.4 is 0 Å². The van der Waals surface area contributed by atoms with E-state index >= 15 is 0 Å². The van der Waals surface area contributed by atoms with Crippen molar-refractivity contribution in [2.45, 2.75) is 45.4 Å². The Morgan fingerprint density at radius 3 is 2.62 bits per heavy atom. The molecule has 1 aliphatic rings. The van der Waals surface area contributed by atoms with Crippen molar-refractivity contribution >= 4 is 0 Å². The molecule has 0 bridgehead atoms. The van der Waals surface area contributed by atoms with Crippen LogP contribution in [-0.2, 0) is 0 Å². The maximum atomic E-state index is 8.99. The standard InChI is InChI=1S/C11H22O2/c1-2-11(6-8-13)5-3-10(9-11)4-7-12/h10,12-13H,2-9H2,1H3. The van der Waals surface area contributed by atoms with Crippen LogP contribution in [0.1, 0.15) is 45.4 Å². The van der Waals surface area contributed by atoms with Crippen LogP contribution in [0.25, 0.3) is 0 Å². The molecule has 0 aliphatic heterocycles. The van der Waals surface area contributed by atoms with Gasteiger partial charge in [-0.1, -0.05) is 13.3 Å². The quantitative estimate of drug-likeness (QED) is 0.689. The van der Waals surface area contributed by atoms with E-state index in [4.69, 9.17) is 10.2 Å². The topological polar surface area (TPSA) is 40.5 Å². The predicted octanol–water partition coefficient (Wildman–Crippen LogP) is 1.95. The molecule has 0 amide bonds. The van der Waals surface area contributed by atoms with Gasteiger partial charge in [-0.15, -0.1) is 0 Å². The van der Waals surface area contributed by atoms with Gasteiger partial charge in [0.15, 0.2) is 0 Å². The van der Waals surface area contributed by atoms with Crippen LogP contribution >= 0.6 is 0 Å². The summed E-state index contributed by atoms with van der Waals surface area (Å²) in [5.41, 5.74) is 0.397. The molecule has 0 saturated heterocycles. The molecule has 2 atom stereocenters. The molecule has 0 spiro atoms. The van der Waals surface area contributed by atoms with Crippen molar-refractivity contribution in [2.75, 3.05) is 13.2 Å². The smallest absolute Gasteiger partial charge is 0.0436 e. The molecule has 0 aromatic rings. The summed E-state index contributed by atoms with van der Waals surface area (Å²) in [6.07, 6.45) is 6.78. The highest BCUT2D eigenvalue weighted by atomic mass is 16.3. The Morgan fingerprint density at radius 2 is 2.08 bits per heavy atom. The van der Waals surface area contributed by atoms with Gasteiger partial charge in [-0.25, -0.2) is 0 Å². The van der Waals surface area contributed by atoms with Gasteiger partial charge in [-0.3, -0.25) is 0 Å². The van der Waals surface area contributed by atoms with Crippen molar-refractivity contribution in [3.63, 3.8) is 0 Å². The van der Waals surface area contributed by atoms with Gasteiger partial charge < -0.3 is 10.2 Å². The minimum Gasteiger partial charge on any atom is -0.396 e. The van der Waals surface area contributed by atoms with E-state index in [0.29, 0.717) is 24.5 Å². The molecule has 0 heterocycles. The van der Waals surface area contributed by atoms with Crippen molar-refractivity contribution < 1.29 is 10.2 Å². The van der Waals surface area contributed by atoms with Crippen LogP contribution in [0.5, 0.6) is 0 Å². The third-order valence-electron chi connectivity index (χ3n) is 3.73. The molecule has 0 radical (unpaired) electrons. The summed E-state index contributed by atoms with van der Waals surface area (Å²) < 4.78 is 0. The van der Waals surface area contributed by atoms with Gasteiger partial charge in [0.25, 0.3) is 0 Å². The second-order valence-electron chi connectivity index (χ2n) is 4.45. The van der Waals surface area contributed by atoms with E-state index < -0.39 is 0 Å². The van der Waals surface area contributed by atoms with Crippen molar-refractivity contribution in [3.05, 3.63) is 0 Å². The van der Waals surface area contributed by atoms with Crippen LogP contribution in [0.15, 0.2) is 0 Å². The Bertz CT molecular complexity index is 147. The van der Waals surface area contributed by atoms with Gasteiger partial charge in [0.1, 0.15) is 0 Å². The molecule has 2 N–H and O–H groups in total. The van der Waals surface area contributed by atoms with E-state index in [9.17, 15) is 0 Å². The van der Waals surface area contributed by atoms with Crippen molar-refractivity contribution in [1.82, 2.24) is 0 Å². The zero-order valence-electron chi connectivity index (χ0n) is 8.63. The lowest BCUT2D eigenvalue weighted by molar-refractivity contribution is 0.169. The molecule has 1 saturated carbocycles. The summed E-state index contributed by atoms with van der Waals surface area (Å²) in [6.45, 7) is 2.86. The molecule has 1 fully saturated rings. The highest BCUT2D eigenvalue weighted by Crippen LogP contribution is 2.47. The number of aliphatic hydroxyl groups is 2. The number of rotatable bonds is 5. The molecular weight excluding hydrogens is 164 g/mol. The molecule has 2 heteroatoms. The van der Waals surface area contributed by atoms with Crippen LogP contribution in [0.2, 0.25) is 0 Å². The molecule has 78 valence electrons. The van der Waals surface area contributed by atoms with E-state index in [2.05, 4.69) is 6.92 Å². The number of hydrogen-bond acceptors (Lipinski definition) is 2. The maximum Gasteiger partial charge on any atom is 0.0436 e. The lowest BCUT2D eigenvalue weighted by Crippen LogP contribution is -2.17. The first-order valence-electron chi connectivity index (χ1n) is 5.48. The van der Waals surface area contributed by atoms with Crippen LogP contribution in [-0.4, -0.2) is 23.4 Å². The average molecular weight is 186 g/mol. The Hall–Kier alpha value is -0.0800. The first-order valence-corrected chi connectivity index (χ1v) is 5.48. The van der Waals surface area contributed by atoms with Gasteiger partial charge >= 0.3 is 0 Å². The van der Waals surface area contributed by atoms with Crippen molar-refractivity contribution in [1.29, 1.82) is 0 Å². The van der Waals surface area contributed by atoms with Gasteiger partial charge in [0, 0.05) is 13.2 Å². The van der Waals surface area contributed by atoms with Gasteiger partial charge in [0.2, 0.25) is 0 Å². The number of hydrogen-bond donors (Lipinski definition) is 2. The summed E-state index contributed by atoms with van der Waals surface area (Å²) >= 11 is 0. The summed E-state index contributed by atoms with van der Waals surface area (Å²) in [7, 11) is 0. The second kappa shape index (κ2) is 4.97. The van der Waals surface area contributed by atoms with Crippen LogP contribution in [0.3, 0.4) is 0 Å². The fourth-order valence-electron chi connectivity index (χ4n) is 2.72.